The van der Waals surface area contributed by atoms with Crippen LogP contribution in [-0.2, 0) is 9.84 Å². The second kappa shape index (κ2) is 8.92. The molecule has 3 aliphatic rings. The SMILES string of the molecule is Cc1ccc(C(=O)N2CCN(c3cccc(C)c3C)CC2)cc1NC1=N[C@@H]2CS(=O)(=O)C[C@H]2S1. The average molecular weight is 499 g/mol. The lowest BCUT2D eigenvalue weighted by atomic mass is 10.1. The van der Waals surface area contributed by atoms with Crippen LogP contribution in [0, 0.1) is 20.8 Å². The molecule has 0 aliphatic carbocycles. The summed E-state index contributed by atoms with van der Waals surface area (Å²) in [6.07, 6.45) is 0. The number of aryl methyl sites for hydroxylation is 2. The fraction of sp³-hybridized carbons (Fsp3) is 0.440. The molecular weight excluding hydrogens is 468 g/mol. The Morgan fingerprint density at radius 3 is 2.53 bits per heavy atom. The summed E-state index contributed by atoms with van der Waals surface area (Å²) in [6, 6.07) is 11.9. The highest BCUT2D eigenvalue weighted by Crippen LogP contribution is 2.35. The van der Waals surface area contributed by atoms with Crippen LogP contribution in [0.4, 0.5) is 11.4 Å². The molecule has 3 aliphatic heterocycles. The van der Waals surface area contributed by atoms with E-state index < -0.39 is 9.84 Å². The minimum Gasteiger partial charge on any atom is -0.368 e. The minimum absolute atomic E-state index is 0.00837. The second-order valence-corrected chi connectivity index (χ2v) is 12.8. The first-order valence-corrected chi connectivity index (χ1v) is 14.3. The van der Waals surface area contributed by atoms with E-state index in [9.17, 15) is 13.2 Å². The molecule has 1 N–H and O–H groups in total. The lowest BCUT2D eigenvalue weighted by Gasteiger charge is -2.37. The number of amides is 1. The monoisotopic (exact) mass is 498 g/mol. The van der Waals surface area contributed by atoms with Gasteiger partial charge in [0.2, 0.25) is 0 Å². The maximum atomic E-state index is 13.3. The number of carbonyl (C=O) groups is 1. The zero-order valence-electron chi connectivity index (χ0n) is 19.7. The summed E-state index contributed by atoms with van der Waals surface area (Å²) in [6.45, 7) is 9.27. The Bertz CT molecular complexity index is 1270. The fourth-order valence-electron chi connectivity index (χ4n) is 4.83. The molecule has 5 rings (SSSR count). The molecule has 7 nitrogen and oxygen atoms in total. The molecule has 9 heteroatoms. The molecule has 0 unspecified atom stereocenters. The summed E-state index contributed by atoms with van der Waals surface area (Å²) in [4.78, 5) is 22.1. The van der Waals surface area contributed by atoms with Crippen LogP contribution in [-0.4, -0.2) is 73.4 Å². The molecule has 2 aromatic carbocycles. The number of hydrogen-bond acceptors (Lipinski definition) is 7. The smallest absolute Gasteiger partial charge is 0.254 e. The van der Waals surface area contributed by atoms with Gasteiger partial charge in [-0.15, -0.1) is 0 Å². The number of amidine groups is 1. The van der Waals surface area contributed by atoms with Crippen LogP contribution in [0.1, 0.15) is 27.0 Å². The molecule has 0 aromatic heterocycles. The fourth-order valence-corrected chi connectivity index (χ4v) is 8.50. The number of carbonyl (C=O) groups excluding carboxylic acids is 1. The molecule has 34 heavy (non-hydrogen) atoms. The second-order valence-electron chi connectivity index (χ2n) is 9.39. The largest absolute Gasteiger partial charge is 0.368 e. The van der Waals surface area contributed by atoms with E-state index >= 15 is 0 Å². The van der Waals surface area contributed by atoms with Gasteiger partial charge in [-0.05, 0) is 55.7 Å². The Morgan fingerprint density at radius 2 is 1.79 bits per heavy atom. The van der Waals surface area contributed by atoms with Crippen molar-refractivity contribution in [2.75, 3.05) is 47.9 Å². The van der Waals surface area contributed by atoms with Crippen LogP contribution in [0.5, 0.6) is 0 Å². The molecule has 0 spiro atoms. The molecule has 0 bridgehead atoms. The van der Waals surface area contributed by atoms with Crippen molar-refractivity contribution in [2.24, 2.45) is 4.99 Å². The molecule has 2 aromatic rings. The van der Waals surface area contributed by atoms with Gasteiger partial charge in [0.05, 0.1) is 17.5 Å². The Kier molecular flexibility index (Phi) is 6.10. The van der Waals surface area contributed by atoms with Gasteiger partial charge >= 0.3 is 0 Å². The molecular formula is C25H30N4O3S2. The van der Waals surface area contributed by atoms with Crippen molar-refractivity contribution < 1.29 is 13.2 Å². The molecule has 0 saturated carbocycles. The number of nitrogens with zero attached hydrogens (tertiary/aromatic N) is 3. The van der Waals surface area contributed by atoms with Gasteiger partial charge in [0.15, 0.2) is 15.0 Å². The van der Waals surface area contributed by atoms with E-state index in [0.29, 0.717) is 18.7 Å². The standard InChI is InChI=1S/C25H30N4O3S2/c1-16-5-4-6-22(18(16)3)28-9-11-29(12-10-28)24(30)19-8-7-17(2)20(13-19)26-25-27-21-14-34(31,32)15-23(21)33-25/h4-8,13,21,23H,9-12,14-15H2,1-3H3,(H,26,27)/t21-,23-/m1/s1. The highest BCUT2D eigenvalue weighted by molar-refractivity contribution is 8.15. The molecule has 0 radical (unpaired) electrons. The van der Waals surface area contributed by atoms with Crippen molar-refractivity contribution in [3.8, 4) is 0 Å². The number of aliphatic imine (C=N–C) groups is 1. The van der Waals surface area contributed by atoms with Crippen molar-refractivity contribution >= 4 is 44.0 Å². The first-order chi connectivity index (χ1) is 16.2. The number of hydrogen-bond donors (Lipinski definition) is 1. The maximum absolute atomic E-state index is 13.3. The van der Waals surface area contributed by atoms with E-state index in [2.05, 4.69) is 47.3 Å². The molecule has 2 saturated heterocycles. The zero-order valence-corrected chi connectivity index (χ0v) is 21.4. The number of sulfone groups is 1. The van der Waals surface area contributed by atoms with Crippen LogP contribution in [0.15, 0.2) is 41.4 Å². The summed E-state index contributed by atoms with van der Waals surface area (Å²) in [5.74, 6) is 0.344. The summed E-state index contributed by atoms with van der Waals surface area (Å²) in [5.41, 5.74) is 6.34. The molecule has 3 heterocycles. The van der Waals surface area contributed by atoms with Crippen LogP contribution >= 0.6 is 11.8 Å². The van der Waals surface area contributed by atoms with Crippen LogP contribution < -0.4 is 10.2 Å². The van der Waals surface area contributed by atoms with Gasteiger partial charge in [-0.3, -0.25) is 9.79 Å². The van der Waals surface area contributed by atoms with Crippen molar-refractivity contribution in [2.45, 2.75) is 32.1 Å². The van der Waals surface area contributed by atoms with Gasteiger partial charge < -0.3 is 15.1 Å². The van der Waals surface area contributed by atoms with Crippen LogP contribution in [0.3, 0.4) is 0 Å². The third kappa shape index (κ3) is 4.55. The summed E-state index contributed by atoms with van der Waals surface area (Å²) < 4.78 is 23.6. The summed E-state index contributed by atoms with van der Waals surface area (Å²) in [5, 5.41) is 4.07. The number of thioether (sulfide) groups is 1. The van der Waals surface area contributed by atoms with Gasteiger partial charge in [0, 0.05) is 48.4 Å². The van der Waals surface area contributed by atoms with E-state index in [-0.39, 0.29) is 28.7 Å². The summed E-state index contributed by atoms with van der Waals surface area (Å²) in [7, 11) is -2.98. The Labute approximate surface area is 205 Å². The highest BCUT2D eigenvalue weighted by Gasteiger charge is 2.42. The van der Waals surface area contributed by atoms with E-state index in [0.717, 1.165) is 29.5 Å². The van der Waals surface area contributed by atoms with Crippen LogP contribution in [0.2, 0.25) is 0 Å². The molecule has 180 valence electrons. The third-order valence-electron chi connectivity index (χ3n) is 7.03. The quantitative estimate of drug-likeness (QED) is 0.700. The van der Waals surface area contributed by atoms with Gasteiger partial charge in [-0.1, -0.05) is 30.0 Å². The van der Waals surface area contributed by atoms with E-state index in [1.165, 1.54) is 28.6 Å². The normalized spacial score (nSPS) is 23.6. The van der Waals surface area contributed by atoms with Gasteiger partial charge in [-0.25, -0.2) is 8.42 Å². The number of piperazine rings is 1. The maximum Gasteiger partial charge on any atom is 0.254 e. The lowest BCUT2D eigenvalue weighted by molar-refractivity contribution is 0.0747. The van der Waals surface area contributed by atoms with Crippen molar-refractivity contribution in [1.29, 1.82) is 0 Å². The minimum atomic E-state index is -2.98. The van der Waals surface area contributed by atoms with Crippen molar-refractivity contribution in [3.05, 3.63) is 58.7 Å². The zero-order chi connectivity index (χ0) is 24.0. The summed E-state index contributed by atoms with van der Waals surface area (Å²) >= 11 is 1.49. The lowest BCUT2D eigenvalue weighted by Crippen LogP contribution is -2.49. The van der Waals surface area contributed by atoms with Gasteiger partial charge in [0.1, 0.15) is 0 Å². The average Bonchev–Trinajstić information content (AvgIpc) is 3.29. The molecule has 2 atom stereocenters. The predicted octanol–water partition coefficient (Wildman–Crippen LogP) is 3.25. The predicted molar refractivity (Wildman–Crippen MR) is 140 cm³/mol. The molecule has 2 fully saturated rings. The molecule has 1 amide bonds. The van der Waals surface area contributed by atoms with Gasteiger partial charge in [-0.2, -0.15) is 0 Å². The topological polar surface area (TPSA) is 82.1 Å². The number of anilines is 2. The Morgan fingerprint density at radius 1 is 1.03 bits per heavy atom. The first kappa shape index (κ1) is 23.2. The van der Waals surface area contributed by atoms with Crippen LogP contribution in [0.25, 0.3) is 0 Å². The first-order valence-electron chi connectivity index (χ1n) is 11.6. The van der Waals surface area contributed by atoms with E-state index in [4.69, 9.17) is 0 Å². The highest BCUT2D eigenvalue weighted by atomic mass is 32.2. The third-order valence-corrected chi connectivity index (χ3v) is 10.2. The number of fused-ring (bicyclic) bond motifs is 1. The number of nitrogens with one attached hydrogen (secondary N) is 1. The van der Waals surface area contributed by atoms with Crippen molar-refractivity contribution in [3.63, 3.8) is 0 Å². The van der Waals surface area contributed by atoms with Gasteiger partial charge in [0.25, 0.3) is 5.91 Å². The Hall–Kier alpha value is -2.52. The van der Waals surface area contributed by atoms with Crippen molar-refractivity contribution in [1.82, 2.24) is 4.90 Å². The Balaban J connectivity index is 1.25. The number of rotatable bonds is 3. The van der Waals surface area contributed by atoms with E-state index in [1.54, 1.807) is 0 Å². The van der Waals surface area contributed by atoms with E-state index in [1.807, 2.05) is 30.0 Å². The number of benzene rings is 2.